The standard InChI is InChI=1S/C27H41N5O6/c1-19(2)15-22-27(36)32(13-14-37-4)17-24(33)28-23(26(35)31-11-9-30(3)10-12-31)16-20-5-7-21(8-6-20)38-18-25(34)29-22/h5-8,19,22-23H,9-18H2,1-4H3,(H,28,33)(H,29,34)/t22-,23+/m0/s1. The lowest BCUT2D eigenvalue weighted by Gasteiger charge is -2.35. The molecule has 3 aliphatic rings. The number of ether oxygens (including phenoxy) is 2. The Balaban J connectivity index is 1.89. The van der Waals surface area contributed by atoms with Crippen LogP contribution in [-0.2, 0) is 30.3 Å². The van der Waals surface area contributed by atoms with Crippen molar-refractivity contribution in [1.82, 2.24) is 25.3 Å². The zero-order chi connectivity index (χ0) is 27.7. The van der Waals surface area contributed by atoms with Crippen LogP contribution in [0.15, 0.2) is 24.3 Å². The van der Waals surface area contributed by atoms with E-state index in [1.807, 2.05) is 33.0 Å². The number of hydrogen-bond acceptors (Lipinski definition) is 7. The Morgan fingerprint density at radius 3 is 2.37 bits per heavy atom. The van der Waals surface area contributed by atoms with Crippen molar-refractivity contribution in [2.24, 2.45) is 5.92 Å². The molecule has 38 heavy (non-hydrogen) atoms. The molecule has 2 atom stereocenters. The number of fused-ring (bicyclic) bond motifs is 13. The first-order valence-corrected chi connectivity index (χ1v) is 13.2. The van der Waals surface area contributed by atoms with Crippen LogP contribution in [0.2, 0.25) is 0 Å². The maximum Gasteiger partial charge on any atom is 0.258 e. The Hall–Kier alpha value is -3.18. The molecule has 3 heterocycles. The van der Waals surface area contributed by atoms with E-state index >= 15 is 0 Å². The molecule has 0 unspecified atom stereocenters. The summed E-state index contributed by atoms with van der Waals surface area (Å²) in [5, 5.41) is 5.66. The first-order valence-electron chi connectivity index (χ1n) is 13.2. The number of hydrogen-bond donors (Lipinski definition) is 2. The van der Waals surface area contributed by atoms with Gasteiger partial charge < -0.3 is 34.8 Å². The van der Waals surface area contributed by atoms with Crippen molar-refractivity contribution in [1.29, 1.82) is 0 Å². The summed E-state index contributed by atoms with van der Waals surface area (Å²) in [5.74, 6) is -0.774. The number of nitrogens with one attached hydrogen (secondary N) is 2. The van der Waals surface area contributed by atoms with Gasteiger partial charge in [0.15, 0.2) is 6.61 Å². The first-order chi connectivity index (χ1) is 18.2. The molecule has 4 rings (SSSR count). The van der Waals surface area contributed by atoms with Gasteiger partial charge in [0.05, 0.1) is 13.2 Å². The molecule has 4 amide bonds. The third-order valence-corrected chi connectivity index (χ3v) is 6.73. The highest BCUT2D eigenvalue weighted by Gasteiger charge is 2.31. The van der Waals surface area contributed by atoms with Gasteiger partial charge in [-0.3, -0.25) is 19.2 Å². The zero-order valence-electron chi connectivity index (χ0n) is 22.9. The number of nitrogens with zero attached hydrogens (tertiary/aromatic N) is 3. The maximum absolute atomic E-state index is 13.5. The van der Waals surface area contributed by atoms with Gasteiger partial charge in [0.25, 0.3) is 5.91 Å². The van der Waals surface area contributed by atoms with Crippen LogP contribution < -0.4 is 15.4 Å². The van der Waals surface area contributed by atoms with Gasteiger partial charge in [0.1, 0.15) is 17.8 Å². The highest BCUT2D eigenvalue weighted by molar-refractivity contribution is 5.93. The van der Waals surface area contributed by atoms with E-state index in [-0.39, 0.29) is 44.0 Å². The Kier molecular flexibility index (Phi) is 10.9. The van der Waals surface area contributed by atoms with Crippen LogP contribution in [0.5, 0.6) is 5.75 Å². The molecule has 1 saturated heterocycles. The molecular formula is C27H41N5O6. The van der Waals surface area contributed by atoms with Crippen LogP contribution in [0, 0.1) is 5.92 Å². The third kappa shape index (κ3) is 8.70. The number of carbonyl (C=O) groups excluding carboxylic acids is 4. The Morgan fingerprint density at radius 2 is 1.74 bits per heavy atom. The summed E-state index contributed by atoms with van der Waals surface area (Å²) in [6.45, 7) is 6.50. The van der Waals surface area contributed by atoms with Crippen molar-refractivity contribution >= 4 is 23.6 Å². The lowest BCUT2D eigenvalue weighted by Crippen LogP contribution is -2.57. The van der Waals surface area contributed by atoms with E-state index in [9.17, 15) is 19.2 Å². The Morgan fingerprint density at radius 1 is 1.05 bits per heavy atom. The normalized spacial score (nSPS) is 22.3. The molecular weight excluding hydrogens is 490 g/mol. The fourth-order valence-corrected chi connectivity index (χ4v) is 4.58. The minimum atomic E-state index is -0.825. The van der Waals surface area contributed by atoms with Gasteiger partial charge in [0.2, 0.25) is 17.7 Å². The molecule has 3 aliphatic heterocycles. The van der Waals surface area contributed by atoms with Crippen molar-refractivity contribution in [2.45, 2.75) is 38.8 Å². The smallest absolute Gasteiger partial charge is 0.258 e. The maximum atomic E-state index is 13.5. The van der Waals surface area contributed by atoms with E-state index in [2.05, 4.69) is 15.5 Å². The summed E-state index contributed by atoms with van der Waals surface area (Å²) in [4.78, 5) is 58.2. The first kappa shape index (κ1) is 29.4. The molecule has 0 saturated carbocycles. The summed E-state index contributed by atoms with van der Waals surface area (Å²) >= 11 is 0. The quantitative estimate of drug-likeness (QED) is 0.492. The van der Waals surface area contributed by atoms with Crippen molar-refractivity contribution in [3.05, 3.63) is 29.8 Å². The molecule has 0 aliphatic carbocycles. The molecule has 1 aromatic carbocycles. The van der Waals surface area contributed by atoms with Crippen molar-refractivity contribution in [3.8, 4) is 5.75 Å². The van der Waals surface area contributed by atoms with Crippen LogP contribution >= 0.6 is 0 Å². The summed E-state index contributed by atoms with van der Waals surface area (Å²) in [7, 11) is 3.53. The second-order valence-electron chi connectivity index (χ2n) is 10.4. The van der Waals surface area contributed by atoms with Crippen LogP contribution in [0.3, 0.4) is 0 Å². The lowest BCUT2D eigenvalue weighted by atomic mass is 10.0. The summed E-state index contributed by atoms with van der Waals surface area (Å²) in [6, 6.07) is 5.51. The third-order valence-electron chi connectivity index (χ3n) is 6.73. The van der Waals surface area contributed by atoms with E-state index in [1.54, 1.807) is 17.0 Å². The lowest BCUT2D eigenvalue weighted by molar-refractivity contribution is -0.142. The van der Waals surface area contributed by atoms with Crippen LogP contribution in [0.25, 0.3) is 0 Å². The van der Waals surface area contributed by atoms with Crippen molar-refractivity contribution in [3.63, 3.8) is 0 Å². The van der Waals surface area contributed by atoms with E-state index < -0.39 is 23.9 Å². The second kappa shape index (κ2) is 14.1. The predicted octanol–water partition coefficient (Wildman–Crippen LogP) is -0.114. The Labute approximate surface area is 224 Å². The van der Waals surface area contributed by atoms with Crippen molar-refractivity contribution < 1.29 is 28.7 Å². The van der Waals surface area contributed by atoms with Crippen LogP contribution in [0.4, 0.5) is 0 Å². The van der Waals surface area contributed by atoms with Gasteiger partial charge in [0, 0.05) is 46.3 Å². The van der Waals surface area contributed by atoms with Crippen molar-refractivity contribution in [2.75, 3.05) is 66.6 Å². The van der Waals surface area contributed by atoms with Gasteiger partial charge in [-0.05, 0) is 37.1 Å². The predicted molar refractivity (Wildman–Crippen MR) is 141 cm³/mol. The number of benzene rings is 1. The van der Waals surface area contributed by atoms with Gasteiger partial charge in [-0.25, -0.2) is 0 Å². The highest BCUT2D eigenvalue weighted by Crippen LogP contribution is 2.16. The van der Waals surface area contributed by atoms with Gasteiger partial charge in [-0.2, -0.15) is 0 Å². The number of methoxy groups -OCH3 is 1. The molecule has 0 aromatic heterocycles. The van der Waals surface area contributed by atoms with Gasteiger partial charge in [-0.15, -0.1) is 0 Å². The molecule has 210 valence electrons. The SMILES string of the molecule is COCCN1CC(=O)N[C@@H](C(=O)N2CCN(C)CC2)Cc2ccc(cc2)OCC(=O)N[C@@H](CC(C)C)C1=O. The number of piperazine rings is 1. The molecule has 1 aromatic rings. The van der Waals surface area contributed by atoms with Gasteiger partial charge >= 0.3 is 0 Å². The minimum Gasteiger partial charge on any atom is -0.484 e. The molecule has 0 spiro atoms. The fraction of sp³-hybridized carbons (Fsp3) is 0.630. The molecule has 2 N–H and O–H groups in total. The van der Waals surface area contributed by atoms with E-state index in [4.69, 9.17) is 9.47 Å². The fourth-order valence-electron chi connectivity index (χ4n) is 4.58. The summed E-state index contributed by atoms with van der Waals surface area (Å²) in [6.07, 6.45) is 0.689. The monoisotopic (exact) mass is 531 g/mol. The molecule has 11 heteroatoms. The number of likely N-dealkylation sites (N-methyl/N-ethyl adjacent to an activating group) is 1. The van der Waals surface area contributed by atoms with Crippen LogP contribution in [0.1, 0.15) is 25.8 Å². The Bertz CT molecular complexity index is 961. The summed E-state index contributed by atoms with van der Waals surface area (Å²) < 4.78 is 10.8. The van der Waals surface area contributed by atoms with Gasteiger partial charge in [-0.1, -0.05) is 26.0 Å². The second-order valence-corrected chi connectivity index (χ2v) is 10.4. The van der Waals surface area contributed by atoms with E-state index in [1.165, 1.54) is 12.0 Å². The highest BCUT2D eigenvalue weighted by atomic mass is 16.5. The topological polar surface area (TPSA) is 121 Å². The van der Waals surface area contributed by atoms with E-state index in [0.29, 0.717) is 31.7 Å². The number of rotatable bonds is 6. The average molecular weight is 532 g/mol. The van der Waals surface area contributed by atoms with E-state index in [0.717, 1.165) is 18.7 Å². The number of carbonyl (C=O) groups is 4. The molecule has 0 radical (unpaired) electrons. The molecule has 11 nitrogen and oxygen atoms in total. The molecule has 2 bridgehead atoms. The minimum absolute atomic E-state index is 0.118. The molecule has 1 fully saturated rings. The average Bonchev–Trinajstić information content (AvgIpc) is 2.88. The summed E-state index contributed by atoms with van der Waals surface area (Å²) in [5.41, 5.74) is 0.839. The number of amides is 4. The zero-order valence-corrected chi connectivity index (χ0v) is 22.9. The largest absolute Gasteiger partial charge is 0.484 e. The van der Waals surface area contributed by atoms with Crippen LogP contribution in [-0.4, -0.2) is 117 Å².